The van der Waals surface area contributed by atoms with Crippen molar-refractivity contribution in [2.24, 2.45) is 0 Å². The predicted molar refractivity (Wildman–Crippen MR) is 91.6 cm³/mol. The van der Waals surface area contributed by atoms with Crippen molar-refractivity contribution in [3.63, 3.8) is 0 Å². The molecule has 0 bridgehead atoms. The van der Waals surface area contributed by atoms with Gasteiger partial charge in [-0.05, 0) is 43.4 Å². The van der Waals surface area contributed by atoms with Crippen LogP contribution in [-0.4, -0.2) is 43.8 Å². The molecule has 132 valence electrons. The van der Waals surface area contributed by atoms with Crippen molar-refractivity contribution in [3.05, 3.63) is 35.6 Å². The highest BCUT2D eigenvalue weighted by Crippen LogP contribution is 2.34. The Bertz CT molecular complexity index is 533. The third-order valence-corrected chi connectivity index (χ3v) is 5.38. The number of nitrogens with one attached hydrogen (secondary N) is 1. The summed E-state index contributed by atoms with van der Waals surface area (Å²) in [6, 6.07) is 6.73. The molecule has 4 nitrogen and oxygen atoms in total. The number of urea groups is 1. The fourth-order valence-electron chi connectivity index (χ4n) is 3.76. The molecule has 1 aromatic carbocycles. The second kappa shape index (κ2) is 7.97. The molecule has 2 aliphatic heterocycles. The molecule has 2 heterocycles. The Hall–Kier alpha value is -1.62. The van der Waals surface area contributed by atoms with Gasteiger partial charge in [-0.1, -0.05) is 25.0 Å². The number of carbonyl (C=O) groups is 1. The van der Waals surface area contributed by atoms with E-state index in [1.54, 1.807) is 0 Å². The Kier molecular flexibility index (Phi) is 5.72. The lowest BCUT2D eigenvalue weighted by Gasteiger charge is -2.38. The van der Waals surface area contributed by atoms with Gasteiger partial charge in [0.25, 0.3) is 0 Å². The largest absolute Gasteiger partial charge is 0.381 e. The summed E-state index contributed by atoms with van der Waals surface area (Å²) in [7, 11) is 0. The van der Waals surface area contributed by atoms with Gasteiger partial charge in [-0.25, -0.2) is 9.18 Å². The summed E-state index contributed by atoms with van der Waals surface area (Å²) < 4.78 is 18.8. The van der Waals surface area contributed by atoms with Crippen LogP contribution in [0, 0.1) is 5.82 Å². The Labute approximate surface area is 143 Å². The van der Waals surface area contributed by atoms with E-state index in [1.807, 2.05) is 17.0 Å². The number of amides is 2. The lowest BCUT2D eigenvalue weighted by molar-refractivity contribution is 0.0501. The van der Waals surface area contributed by atoms with Gasteiger partial charge in [-0.2, -0.15) is 0 Å². The molecule has 1 aromatic rings. The van der Waals surface area contributed by atoms with Crippen LogP contribution >= 0.6 is 0 Å². The van der Waals surface area contributed by atoms with Crippen LogP contribution in [0.15, 0.2) is 24.3 Å². The highest BCUT2D eigenvalue weighted by atomic mass is 19.1. The smallest absolute Gasteiger partial charge is 0.317 e. The van der Waals surface area contributed by atoms with Gasteiger partial charge in [0.2, 0.25) is 0 Å². The third kappa shape index (κ3) is 4.07. The van der Waals surface area contributed by atoms with E-state index in [-0.39, 0.29) is 17.3 Å². The maximum Gasteiger partial charge on any atom is 0.317 e. The summed E-state index contributed by atoms with van der Waals surface area (Å²) in [4.78, 5) is 14.5. The molecule has 24 heavy (non-hydrogen) atoms. The quantitative estimate of drug-likeness (QED) is 0.920. The van der Waals surface area contributed by atoms with Gasteiger partial charge in [-0.15, -0.1) is 0 Å². The SMILES string of the molecule is O=C(NCC1(c2ccc(F)cc2)CCOCC1)N1CCCCCC1. The van der Waals surface area contributed by atoms with Gasteiger partial charge < -0.3 is 15.0 Å². The van der Waals surface area contributed by atoms with E-state index in [9.17, 15) is 9.18 Å². The van der Waals surface area contributed by atoms with Crippen LogP contribution in [0.3, 0.4) is 0 Å². The summed E-state index contributed by atoms with van der Waals surface area (Å²) in [6.07, 6.45) is 6.29. The lowest BCUT2D eigenvalue weighted by Crippen LogP contribution is -2.48. The number of rotatable bonds is 3. The summed E-state index contributed by atoms with van der Waals surface area (Å²) >= 11 is 0. The van der Waals surface area contributed by atoms with Crippen LogP contribution in [0.2, 0.25) is 0 Å². The van der Waals surface area contributed by atoms with Crippen molar-refractivity contribution < 1.29 is 13.9 Å². The number of hydrogen-bond acceptors (Lipinski definition) is 2. The van der Waals surface area contributed by atoms with E-state index >= 15 is 0 Å². The minimum absolute atomic E-state index is 0.0323. The first-order valence-corrected chi connectivity index (χ1v) is 9.06. The van der Waals surface area contributed by atoms with E-state index in [0.717, 1.165) is 44.3 Å². The number of benzene rings is 1. The molecule has 0 radical (unpaired) electrons. The number of carbonyl (C=O) groups excluding carboxylic acids is 1. The van der Waals surface area contributed by atoms with Crippen LogP contribution in [0.5, 0.6) is 0 Å². The van der Waals surface area contributed by atoms with Gasteiger partial charge in [0.1, 0.15) is 5.82 Å². The van der Waals surface area contributed by atoms with E-state index in [0.29, 0.717) is 19.8 Å². The average molecular weight is 334 g/mol. The Morgan fingerprint density at radius 1 is 1.08 bits per heavy atom. The molecule has 0 atom stereocenters. The molecule has 2 amide bonds. The summed E-state index contributed by atoms with van der Waals surface area (Å²) in [6.45, 7) is 3.63. The van der Waals surface area contributed by atoms with Gasteiger partial charge >= 0.3 is 6.03 Å². The monoisotopic (exact) mass is 334 g/mol. The summed E-state index contributed by atoms with van der Waals surface area (Å²) in [5.74, 6) is -0.227. The van der Waals surface area contributed by atoms with E-state index < -0.39 is 0 Å². The first kappa shape index (κ1) is 17.2. The molecular formula is C19H27FN2O2. The molecule has 2 fully saturated rings. The predicted octanol–water partition coefficient (Wildman–Crippen LogP) is 3.46. The topological polar surface area (TPSA) is 41.6 Å². The van der Waals surface area contributed by atoms with Gasteiger partial charge in [0.05, 0.1) is 0 Å². The van der Waals surface area contributed by atoms with Crippen molar-refractivity contribution in [2.45, 2.75) is 43.9 Å². The fraction of sp³-hybridized carbons (Fsp3) is 0.632. The van der Waals surface area contributed by atoms with Crippen molar-refractivity contribution in [1.29, 1.82) is 0 Å². The maximum absolute atomic E-state index is 13.3. The third-order valence-electron chi connectivity index (χ3n) is 5.38. The summed E-state index contributed by atoms with van der Waals surface area (Å²) in [5.41, 5.74) is 0.927. The van der Waals surface area contributed by atoms with Crippen molar-refractivity contribution in [1.82, 2.24) is 10.2 Å². The molecule has 0 saturated carbocycles. The zero-order valence-corrected chi connectivity index (χ0v) is 14.2. The summed E-state index contributed by atoms with van der Waals surface area (Å²) in [5, 5.41) is 3.14. The number of ether oxygens (including phenoxy) is 1. The minimum atomic E-state index is -0.227. The lowest BCUT2D eigenvalue weighted by atomic mass is 9.74. The number of likely N-dealkylation sites (tertiary alicyclic amines) is 1. The molecule has 0 aromatic heterocycles. The molecular weight excluding hydrogens is 307 g/mol. The Balaban J connectivity index is 1.68. The molecule has 5 heteroatoms. The van der Waals surface area contributed by atoms with Crippen LogP contribution < -0.4 is 5.32 Å². The molecule has 0 aliphatic carbocycles. The molecule has 1 N–H and O–H groups in total. The second-order valence-corrected chi connectivity index (χ2v) is 6.96. The maximum atomic E-state index is 13.3. The Morgan fingerprint density at radius 3 is 2.33 bits per heavy atom. The highest BCUT2D eigenvalue weighted by molar-refractivity contribution is 5.74. The first-order valence-electron chi connectivity index (χ1n) is 9.06. The molecule has 2 aliphatic rings. The van der Waals surface area contributed by atoms with Crippen LogP contribution in [0.4, 0.5) is 9.18 Å². The van der Waals surface area contributed by atoms with Crippen molar-refractivity contribution >= 4 is 6.03 Å². The molecule has 2 saturated heterocycles. The molecule has 0 spiro atoms. The van der Waals surface area contributed by atoms with Crippen LogP contribution in [-0.2, 0) is 10.2 Å². The van der Waals surface area contributed by atoms with Gasteiger partial charge in [0, 0.05) is 38.3 Å². The average Bonchev–Trinajstić information content (AvgIpc) is 2.90. The van der Waals surface area contributed by atoms with E-state index in [2.05, 4.69) is 5.32 Å². The number of nitrogens with zero attached hydrogens (tertiary/aromatic N) is 1. The Morgan fingerprint density at radius 2 is 1.71 bits per heavy atom. The first-order chi connectivity index (χ1) is 11.7. The standard InChI is InChI=1S/C19H27FN2O2/c20-17-7-5-16(6-8-17)19(9-13-24-14-10-19)15-21-18(23)22-11-3-1-2-4-12-22/h5-8H,1-4,9-15H2,(H,21,23). The number of hydrogen-bond donors (Lipinski definition) is 1. The normalized spacial score (nSPS) is 21.1. The van der Waals surface area contributed by atoms with Crippen LogP contribution in [0.25, 0.3) is 0 Å². The number of halogens is 1. The fourth-order valence-corrected chi connectivity index (χ4v) is 3.76. The molecule has 0 unspecified atom stereocenters. The van der Waals surface area contributed by atoms with E-state index in [4.69, 9.17) is 4.74 Å². The van der Waals surface area contributed by atoms with Crippen molar-refractivity contribution in [3.8, 4) is 0 Å². The zero-order valence-electron chi connectivity index (χ0n) is 14.2. The second-order valence-electron chi connectivity index (χ2n) is 6.96. The van der Waals surface area contributed by atoms with Gasteiger partial charge in [0.15, 0.2) is 0 Å². The van der Waals surface area contributed by atoms with Crippen molar-refractivity contribution in [2.75, 3.05) is 32.8 Å². The molecule has 3 rings (SSSR count). The van der Waals surface area contributed by atoms with Gasteiger partial charge in [-0.3, -0.25) is 0 Å². The zero-order chi connectivity index (χ0) is 16.8. The van der Waals surface area contributed by atoms with Crippen LogP contribution in [0.1, 0.15) is 44.1 Å². The van der Waals surface area contributed by atoms with E-state index in [1.165, 1.54) is 25.0 Å². The highest BCUT2D eigenvalue weighted by Gasteiger charge is 2.35. The minimum Gasteiger partial charge on any atom is -0.381 e.